The minimum atomic E-state index is -2.89. The summed E-state index contributed by atoms with van der Waals surface area (Å²) in [6.45, 7) is -2.71. The molecular weight excluding hydrogens is 405 g/mol. The van der Waals surface area contributed by atoms with E-state index in [-0.39, 0.29) is 36.3 Å². The van der Waals surface area contributed by atoms with Gasteiger partial charge in [-0.2, -0.15) is 8.78 Å². The van der Waals surface area contributed by atoms with Crippen LogP contribution in [0.1, 0.15) is 11.1 Å². The molecule has 1 aliphatic rings. The van der Waals surface area contributed by atoms with Crippen molar-refractivity contribution in [2.24, 2.45) is 0 Å². The number of amides is 2. The number of nitrogens with one attached hydrogen (secondary N) is 2. The number of benzene rings is 2. The molecule has 5 nitrogen and oxygen atoms in total. The zero-order valence-electron chi connectivity index (χ0n) is 15.2. The highest BCUT2D eigenvalue weighted by Crippen LogP contribution is 2.23. The van der Waals surface area contributed by atoms with E-state index < -0.39 is 17.9 Å². The Bertz CT molecular complexity index is 864. The molecule has 0 aliphatic carbocycles. The number of thioether (sulfide) groups is 1. The van der Waals surface area contributed by atoms with Gasteiger partial charge in [-0.15, -0.1) is 11.8 Å². The number of halogens is 3. The Hall–Kier alpha value is -2.68. The Labute approximate surface area is 170 Å². The van der Waals surface area contributed by atoms with Crippen LogP contribution in [0.25, 0.3) is 0 Å². The van der Waals surface area contributed by atoms with Gasteiger partial charge in [-0.05, 0) is 35.7 Å². The Kier molecular flexibility index (Phi) is 7.03. The van der Waals surface area contributed by atoms with Crippen LogP contribution in [0.3, 0.4) is 0 Å². The van der Waals surface area contributed by atoms with Gasteiger partial charge in [0.1, 0.15) is 17.6 Å². The Morgan fingerprint density at radius 2 is 1.93 bits per heavy atom. The van der Waals surface area contributed by atoms with Crippen LogP contribution in [0.5, 0.6) is 5.75 Å². The van der Waals surface area contributed by atoms with Gasteiger partial charge in [0.15, 0.2) is 0 Å². The zero-order chi connectivity index (χ0) is 20.8. The van der Waals surface area contributed by atoms with Crippen LogP contribution in [0.4, 0.5) is 13.2 Å². The number of ether oxygens (including phenoxy) is 1. The summed E-state index contributed by atoms with van der Waals surface area (Å²) in [4.78, 5) is 24.6. The van der Waals surface area contributed by atoms with E-state index in [1.807, 2.05) is 0 Å². The third-order valence-electron chi connectivity index (χ3n) is 4.37. The lowest BCUT2D eigenvalue weighted by Crippen LogP contribution is -2.54. The van der Waals surface area contributed by atoms with Crippen LogP contribution in [-0.2, 0) is 22.6 Å². The van der Waals surface area contributed by atoms with Crippen LogP contribution in [0, 0.1) is 5.82 Å². The zero-order valence-corrected chi connectivity index (χ0v) is 16.1. The van der Waals surface area contributed by atoms with E-state index in [0.717, 1.165) is 0 Å². The van der Waals surface area contributed by atoms with Crippen LogP contribution < -0.4 is 15.4 Å². The molecule has 0 bridgehead atoms. The first kappa shape index (κ1) is 21.0. The van der Waals surface area contributed by atoms with Gasteiger partial charge in [-0.3, -0.25) is 9.59 Å². The van der Waals surface area contributed by atoms with Gasteiger partial charge in [-0.1, -0.05) is 30.3 Å². The van der Waals surface area contributed by atoms with E-state index in [9.17, 15) is 22.8 Å². The Morgan fingerprint density at radius 3 is 2.59 bits per heavy atom. The summed E-state index contributed by atoms with van der Waals surface area (Å²) in [5, 5.41) is 4.92. The third-order valence-corrected chi connectivity index (χ3v) is 5.68. The van der Waals surface area contributed by atoms with E-state index in [1.165, 1.54) is 30.0 Å². The molecule has 0 unspecified atom stereocenters. The second-order valence-electron chi connectivity index (χ2n) is 6.42. The molecule has 154 valence electrons. The van der Waals surface area contributed by atoms with Crippen molar-refractivity contribution in [1.29, 1.82) is 0 Å². The molecule has 2 aromatic carbocycles. The number of alkyl halides is 2. The van der Waals surface area contributed by atoms with Crippen LogP contribution in [0.2, 0.25) is 0 Å². The van der Waals surface area contributed by atoms with Gasteiger partial charge in [0, 0.05) is 12.3 Å². The summed E-state index contributed by atoms with van der Waals surface area (Å²) >= 11 is 1.31. The fourth-order valence-corrected chi connectivity index (χ4v) is 4.03. The number of hydrogen-bond donors (Lipinski definition) is 2. The average Bonchev–Trinajstić information content (AvgIpc) is 2.70. The van der Waals surface area contributed by atoms with Crippen molar-refractivity contribution < 1.29 is 27.5 Å². The first-order valence-corrected chi connectivity index (χ1v) is 9.94. The van der Waals surface area contributed by atoms with Gasteiger partial charge in [0.05, 0.1) is 5.25 Å². The molecule has 1 heterocycles. The SMILES string of the molecule is O=C1N[C@@H](C(=O)NCc2ccc(OC(F)F)cc2)CS[C@H]1Cc1ccccc1F. The van der Waals surface area contributed by atoms with Crippen molar-refractivity contribution in [2.45, 2.75) is 30.9 Å². The predicted octanol–water partition coefficient (Wildman–Crippen LogP) is 2.89. The second kappa shape index (κ2) is 9.69. The van der Waals surface area contributed by atoms with E-state index in [4.69, 9.17) is 0 Å². The molecule has 29 heavy (non-hydrogen) atoms. The summed E-state index contributed by atoms with van der Waals surface area (Å²) in [6.07, 6.45) is 0.255. The van der Waals surface area contributed by atoms with Gasteiger partial charge >= 0.3 is 6.61 Å². The standard InChI is InChI=1S/C20H19F3N2O3S/c21-15-4-2-1-3-13(15)9-17-19(27)25-16(11-29-17)18(26)24-10-12-5-7-14(8-6-12)28-20(22)23/h1-8,16-17,20H,9-11H2,(H,24,26)(H,25,27)/t16-,17+/m1/s1. The Morgan fingerprint density at radius 1 is 1.21 bits per heavy atom. The van der Waals surface area contributed by atoms with Crippen molar-refractivity contribution in [1.82, 2.24) is 10.6 Å². The lowest BCUT2D eigenvalue weighted by molar-refractivity contribution is -0.128. The molecule has 2 aromatic rings. The van der Waals surface area contributed by atoms with Crippen molar-refractivity contribution in [3.8, 4) is 5.75 Å². The fraction of sp³-hybridized carbons (Fsp3) is 0.300. The molecule has 2 N–H and O–H groups in total. The fourth-order valence-electron chi connectivity index (χ4n) is 2.85. The van der Waals surface area contributed by atoms with Gasteiger partial charge in [0.2, 0.25) is 11.8 Å². The summed E-state index contributed by atoms with van der Waals surface area (Å²) in [7, 11) is 0. The quantitative estimate of drug-likeness (QED) is 0.717. The van der Waals surface area contributed by atoms with Gasteiger partial charge in [0.25, 0.3) is 0 Å². The van der Waals surface area contributed by atoms with E-state index in [2.05, 4.69) is 15.4 Å². The summed E-state index contributed by atoms with van der Waals surface area (Å²) in [5.74, 6) is -0.600. The smallest absolute Gasteiger partial charge is 0.387 e. The molecule has 2 atom stereocenters. The first-order chi connectivity index (χ1) is 13.9. The van der Waals surface area contributed by atoms with Gasteiger partial charge < -0.3 is 15.4 Å². The molecular formula is C20H19F3N2O3S. The molecule has 1 fully saturated rings. The number of rotatable bonds is 7. The van der Waals surface area contributed by atoms with Crippen molar-refractivity contribution >= 4 is 23.6 Å². The van der Waals surface area contributed by atoms with E-state index >= 15 is 0 Å². The third kappa shape index (κ3) is 5.90. The van der Waals surface area contributed by atoms with Crippen molar-refractivity contribution in [2.75, 3.05) is 5.75 Å². The monoisotopic (exact) mass is 424 g/mol. The average molecular weight is 424 g/mol. The molecule has 0 spiro atoms. The molecule has 1 aliphatic heterocycles. The maximum atomic E-state index is 13.8. The molecule has 0 aromatic heterocycles. The molecule has 1 saturated heterocycles. The van der Waals surface area contributed by atoms with Crippen LogP contribution in [0.15, 0.2) is 48.5 Å². The highest BCUT2D eigenvalue weighted by atomic mass is 32.2. The maximum Gasteiger partial charge on any atom is 0.387 e. The summed E-state index contributed by atoms with van der Waals surface area (Å²) < 4.78 is 42.3. The lowest BCUT2D eigenvalue weighted by Gasteiger charge is -2.28. The van der Waals surface area contributed by atoms with Crippen molar-refractivity contribution in [3.05, 3.63) is 65.5 Å². The van der Waals surface area contributed by atoms with Crippen LogP contribution >= 0.6 is 11.8 Å². The summed E-state index contributed by atoms with van der Waals surface area (Å²) in [6, 6.07) is 11.5. The topological polar surface area (TPSA) is 67.4 Å². The number of carbonyl (C=O) groups excluding carboxylic acids is 2. The minimum absolute atomic E-state index is 0.0342. The maximum absolute atomic E-state index is 13.8. The molecule has 9 heteroatoms. The van der Waals surface area contributed by atoms with Gasteiger partial charge in [-0.25, -0.2) is 4.39 Å². The largest absolute Gasteiger partial charge is 0.435 e. The highest BCUT2D eigenvalue weighted by molar-refractivity contribution is 8.00. The van der Waals surface area contributed by atoms with E-state index in [0.29, 0.717) is 16.9 Å². The Balaban J connectivity index is 1.48. The number of carbonyl (C=O) groups is 2. The normalized spacial score (nSPS) is 19.0. The highest BCUT2D eigenvalue weighted by Gasteiger charge is 2.32. The van der Waals surface area contributed by atoms with Crippen LogP contribution in [-0.4, -0.2) is 35.5 Å². The summed E-state index contributed by atoms with van der Waals surface area (Å²) in [5.41, 5.74) is 1.16. The lowest BCUT2D eigenvalue weighted by atomic mass is 10.1. The van der Waals surface area contributed by atoms with Crippen molar-refractivity contribution in [3.63, 3.8) is 0 Å². The molecule has 2 amide bonds. The minimum Gasteiger partial charge on any atom is -0.435 e. The van der Waals surface area contributed by atoms with E-state index in [1.54, 1.807) is 30.3 Å². The second-order valence-corrected chi connectivity index (χ2v) is 7.65. The predicted molar refractivity (Wildman–Crippen MR) is 103 cm³/mol. The molecule has 3 rings (SSSR count). The molecule has 0 saturated carbocycles. The number of hydrogen-bond acceptors (Lipinski definition) is 4. The first-order valence-electron chi connectivity index (χ1n) is 8.89. The molecule has 0 radical (unpaired) electrons.